The number of carbonyl (C=O) groups excluding carboxylic acids is 2. The fourth-order valence-corrected chi connectivity index (χ4v) is 5.18. The second kappa shape index (κ2) is 9.21. The fraction of sp³-hybridized carbons (Fsp3) is 0.458. The van der Waals surface area contributed by atoms with E-state index in [2.05, 4.69) is 10.3 Å². The van der Waals surface area contributed by atoms with E-state index in [0.29, 0.717) is 6.54 Å². The number of aryl methyl sites for hydroxylation is 1. The van der Waals surface area contributed by atoms with Gasteiger partial charge in [-0.25, -0.2) is 0 Å². The van der Waals surface area contributed by atoms with Gasteiger partial charge < -0.3 is 10.2 Å². The average Bonchev–Trinajstić information content (AvgIpc) is 3.50. The minimum Gasteiger partial charge on any atom is -0.356 e. The van der Waals surface area contributed by atoms with E-state index >= 15 is 0 Å². The molecule has 4 rings (SSSR count). The number of nitrogens with zero attached hydrogens (tertiary/aromatic N) is 2. The summed E-state index contributed by atoms with van der Waals surface area (Å²) in [5, 5.41) is 3.12. The summed E-state index contributed by atoms with van der Waals surface area (Å²) < 4.78 is 0. The molecule has 1 saturated carbocycles. The number of carbonyl (C=O) groups is 2. The molecule has 0 bridgehead atoms. The molecule has 1 saturated heterocycles. The number of likely N-dealkylation sites (tertiary alicyclic amines) is 1. The van der Waals surface area contributed by atoms with E-state index in [9.17, 15) is 9.59 Å². The fourth-order valence-electron chi connectivity index (χ4n) is 4.59. The van der Waals surface area contributed by atoms with Gasteiger partial charge in [0.1, 0.15) is 0 Å². The van der Waals surface area contributed by atoms with Gasteiger partial charge in [-0.15, -0.1) is 11.8 Å². The molecule has 2 heterocycles. The first-order chi connectivity index (χ1) is 14.6. The van der Waals surface area contributed by atoms with E-state index in [4.69, 9.17) is 0 Å². The van der Waals surface area contributed by atoms with E-state index in [1.165, 1.54) is 5.56 Å². The van der Waals surface area contributed by atoms with Crippen LogP contribution in [0, 0.1) is 11.3 Å². The van der Waals surface area contributed by atoms with Crippen LogP contribution < -0.4 is 5.32 Å². The van der Waals surface area contributed by atoms with Crippen molar-refractivity contribution < 1.29 is 9.59 Å². The van der Waals surface area contributed by atoms with Crippen LogP contribution in [0.4, 0.5) is 0 Å². The first kappa shape index (κ1) is 20.9. The monoisotopic (exact) mass is 423 g/mol. The minimum absolute atomic E-state index is 0.116. The van der Waals surface area contributed by atoms with Crippen molar-refractivity contribution in [2.75, 3.05) is 25.9 Å². The Balaban J connectivity index is 1.22. The van der Waals surface area contributed by atoms with Gasteiger partial charge in [0.15, 0.2) is 0 Å². The SMILES string of the molecule is CSc1ccccc1C(=O)N1CCC2(CC1)C[C@@H]2C(=O)NCCCc1ccncc1. The third-order valence-corrected chi connectivity index (χ3v) is 7.38. The van der Waals surface area contributed by atoms with Crippen molar-refractivity contribution in [1.82, 2.24) is 15.2 Å². The van der Waals surface area contributed by atoms with Crippen molar-refractivity contribution in [3.63, 3.8) is 0 Å². The zero-order chi connectivity index (χ0) is 21.0. The number of aromatic nitrogens is 1. The summed E-state index contributed by atoms with van der Waals surface area (Å²) in [4.78, 5) is 32.6. The number of amides is 2. The minimum atomic E-state index is 0.116. The molecule has 1 N–H and O–H groups in total. The van der Waals surface area contributed by atoms with E-state index < -0.39 is 0 Å². The summed E-state index contributed by atoms with van der Waals surface area (Å²) in [6.45, 7) is 2.20. The summed E-state index contributed by atoms with van der Waals surface area (Å²) in [6, 6.07) is 11.8. The number of piperidine rings is 1. The van der Waals surface area contributed by atoms with Crippen molar-refractivity contribution in [3.05, 3.63) is 59.9 Å². The Morgan fingerprint density at radius 2 is 1.90 bits per heavy atom. The van der Waals surface area contributed by atoms with Gasteiger partial charge in [0.25, 0.3) is 5.91 Å². The molecule has 1 aromatic heterocycles. The molecule has 30 heavy (non-hydrogen) atoms. The zero-order valence-corrected chi connectivity index (χ0v) is 18.3. The Morgan fingerprint density at radius 1 is 1.17 bits per heavy atom. The lowest BCUT2D eigenvalue weighted by molar-refractivity contribution is -0.123. The highest BCUT2D eigenvalue weighted by Crippen LogP contribution is 2.59. The molecular weight excluding hydrogens is 394 g/mol. The molecule has 1 atom stereocenters. The molecule has 158 valence electrons. The molecule has 1 aromatic carbocycles. The number of hydrogen-bond acceptors (Lipinski definition) is 4. The molecule has 1 spiro atoms. The van der Waals surface area contributed by atoms with Crippen molar-refractivity contribution in [2.24, 2.45) is 11.3 Å². The maximum Gasteiger partial charge on any atom is 0.254 e. The number of benzene rings is 1. The van der Waals surface area contributed by atoms with Gasteiger partial charge in [0.2, 0.25) is 5.91 Å². The summed E-state index contributed by atoms with van der Waals surface area (Å²) in [7, 11) is 0. The molecule has 2 aliphatic rings. The molecule has 6 heteroatoms. The van der Waals surface area contributed by atoms with Gasteiger partial charge in [0, 0.05) is 42.8 Å². The van der Waals surface area contributed by atoms with E-state index in [1.807, 2.05) is 47.6 Å². The Hall–Kier alpha value is -2.34. The first-order valence-electron chi connectivity index (χ1n) is 10.7. The van der Waals surface area contributed by atoms with Crippen molar-refractivity contribution in [1.29, 1.82) is 0 Å². The number of pyridine rings is 1. The Labute approximate surface area is 182 Å². The smallest absolute Gasteiger partial charge is 0.254 e. The second-order valence-electron chi connectivity index (χ2n) is 8.36. The van der Waals surface area contributed by atoms with Gasteiger partial charge >= 0.3 is 0 Å². The van der Waals surface area contributed by atoms with Crippen LogP contribution in [0.1, 0.15) is 41.6 Å². The summed E-state index contributed by atoms with van der Waals surface area (Å²) in [5.41, 5.74) is 2.16. The normalized spacial score (nSPS) is 19.5. The van der Waals surface area contributed by atoms with Gasteiger partial charge in [0.05, 0.1) is 5.56 Å². The largest absolute Gasteiger partial charge is 0.356 e. The van der Waals surface area contributed by atoms with Gasteiger partial charge in [-0.1, -0.05) is 12.1 Å². The number of nitrogens with one attached hydrogen (secondary N) is 1. The van der Waals surface area contributed by atoms with Crippen LogP contribution >= 0.6 is 11.8 Å². The lowest BCUT2D eigenvalue weighted by Gasteiger charge is -2.33. The number of hydrogen-bond donors (Lipinski definition) is 1. The predicted octanol–water partition coefficient (Wildman–Crippen LogP) is 3.79. The topological polar surface area (TPSA) is 62.3 Å². The molecule has 0 unspecified atom stereocenters. The van der Waals surface area contributed by atoms with E-state index in [-0.39, 0.29) is 23.1 Å². The number of thioether (sulfide) groups is 1. The van der Waals surface area contributed by atoms with Gasteiger partial charge in [-0.3, -0.25) is 14.6 Å². The molecule has 2 fully saturated rings. The zero-order valence-electron chi connectivity index (χ0n) is 17.5. The standard InChI is InChI=1S/C24H29N3O2S/c1-30-21-7-3-2-6-19(21)23(29)27-15-10-24(11-16-27)17-20(24)22(28)26-12-4-5-18-8-13-25-14-9-18/h2-3,6-9,13-14,20H,4-5,10-12,15-17H2,1H3,(H,26,28)/t20-/m1/s1. The van der Waals surface area contributed by atoms with Crippen LogP contribution in [-0.2, 0) is 11.2 Å². The highest BCUT2D eigenvalue weighted by molar-refractivity contribution is 7.98. The quantitative estimate of drug-likeness (QED) is 0.544. The van der Waals surface area contributed by atoms with Crippen LogP contribution in [0.25, 0.3) is 0 Å². The summed E-state index contributed by atoms with van der Waals surface area (Å²) in [5.74, 6) is 0.430. The van der Waals surface area contributed by atoms with Crippen LogP contribution in [0.5, 0.6) is 0 Å². The molecule has 1 aliphatic carbocycles. The lowest BCUT2D eigenvalue weighted by atomic mass is 9.90. The van der Waals surface area contributed by atoms with Crippen LogP contribution in [0.15, 0.2) is 53.7 Å². The van der Waals surface area contributed by atoms with Crippen LogP contribution in [0.2, 0.25) is 0 Å². The predicted molar refractivity (Wildman–Crippen MR) is 119 cm³/mol. The van der Waals surface area contributed by atoms with Crippen molar-refractivity contribution in [2.45, 2.75) is 37.0 Å². The first-order valence-corrected chi connectivity index (χ1v) is 11.9. The Kier molecular flexibility index (Phi) is 6.42. The van der Waals surface area contributed by atoms with Gasteiger partial charge in [-0.2, -0.15) is 0 Å². The molecule has 2 aromatic rings. The molecule has 2 amide bonds. The van der Waals surface area contributed by atoms with Crippen LogP contribution in [-0.4, -0.2) is 47.6 Å². The lowest BCUT2D eigenvalue weighted by Crippen LogP contribution is -2.40. The average molecular weight is 424 g/mol. The van der Waals surface area contributed by atoms with Gasteiger partial charge in [-0.05, 0) is 73.6 Å². The third kappa shape index (κ3) is 4.53. The maximum absolute atomic E-state index is 12.9. The molecular formula is C24H29N3O2S. The van der Waals surface area contributed by atoms with Crippen LogP contribution in [0.3, 0.4) is 0 Å². The Morgan fingerprint density at radius 3 is 2.63 bits per heavy atom. The van der Waals surface area contributed by atoms with Crippen molar-refractivity contribution >= 4 is 23.6 Å². The van der Waals surface area contributed by atoms with Crippen molar-refractivity contribution in [3.8, 4) is 0 Å². The molecule has 1 aliphatic heterocycles. The Bertz CT molecular complexity index is 894. The van der Waals surface area contributed by atoms with E-state index in [1.54, 1.807) is 24.2 Å². The molecule has 5 nitrogen and oxygen atoms in total. The summed E-state index contributed by atoms with van der Waals surface area (Å²) >= 11 is 1.61. The summed E-state index contributed by atoms with van der Waals surface area (Å²) in [6.07, 6.45) is 10.3. The second-order valence-corrected chi connectivity index (χ2v) is 9.21. The van der Waals surface area contributed by atoms with E-state index in [0.717, 1.165) is 55.7 Å². The molecule has 0 radical (unpaired) electrons. The third-order valence-electron chi connectivity index (χ3n) is 6.58. The number of rotatable bonds is 7. The highest BCUT2D eigenvalue weighted by atomic mass is 32.2. The highest BCUT2D eigenvalue weighted by Gasteiger charge is 2.58. The maximum atomic E-state index is 12.9.